The van der Waals surface area contributed by atoms with Gasteiger partial charge >= 0.3 is 0 Å². The van der Waals surface area contributed by atoms with Crippen molar-refractivity contribution in [1.29, 1.82) is 0 Å². The molecule has 4 rings (SSSR count). The van der Waals surface area contributed by atoms with E-state index in [0.29, 0.717) is 15.2 Å². The van der Waals surface area contributed by atoms with Gasteiger partial charge in [-0.05, 0) is 43.2 Å². The lowest BCUT2D eigenvalue weighted by Crippen LogP contribution is -2.15. The number of rotatable bonds is 2. The first-order chi connectivity index (χ1) is 12.0. The summed E-state index contributed by atoms with van der Waals surface area (Å²) in [6.07, 6.45) is 3.05. The van der Waals surface area contributed by atoms with E-state index in [4.69, 9.17) is 11.6 Å². The maximum atomic E-state index is 12.7. The van der Waals surface area contributed by atoms with Gasteiger partial charge in [-0.3, -0.25) is 4.79 Å². The molecule has 5 nitrogen and oxygen atoms in total. The second-order valence-corrected chi connectivity index (χ2v) is 7.17. The second kappa shape index (κ2) is 6.06. The maximum Gasteiger partial charge on any atom is 0.291 e. The van der Waals surface area contributed by atoms with Crippen molar-refractivity contribution in [2.75, 3.05) is 0 Å². The summed E-state index contributed by atoms with van der Waals surface area (Å²) in [7, 11) is 0. The first-order valence-electron chi connectivity index (χ1n) is 7.61. The van der Waals surface area contributed by atoms with E-state index < -0.39 is 0 Å². The predicted molar refractivity (Wildman–Crippen MR) is 103 cm³/mol. The third kappa shape index (κ3) is 2.83. The summed E-state index contributed by atoms with van der Waals surface area (Å²) in [5.41, 5.74) is 3.34. The van der Waals surface area contributed by atoms with Gasteiger partial charge in [0.15, 0.2) is 0 Å². The van der Waals surface area contributed by atoms with Crippen molar-refractivity contribution in [2.45, 2.75) is 13.8 Å². The number of pyridine rings is 1. The zero-order valence-corrected chi connectivity index (χ0v) is 15.1. The second-order valence-electron chi connectivity index (χ2n) is 5.73. The van der Waals surface area contributed by atoms with Crippen LogP contribution in [0.15, 0.2) is 46.6 Å². The van der Waals surface area contributed by atoms with Crippen LogP contribution >= 0.6 is 22.9 Å². The number of fused-ring (bicyclic) bond motifs is 3. The predicted octanol–water partition coefficient (Wildman–Crippen LogP) is 4.16. The maximum absolute atomic E-state index is 12.7. The zero-order chi connectivity index (χ0) is 17.6. The van der Waals surface area contributed by atoms with E-state index in [-0.39, 0.29) is 5.56 Å². The molecule has 0 saturated heterocycles. The Hall–Kier alpha value is -2.57. The van der Waals surface area contributed by atoms with Crippen LogP contribution in [0, 0.1) is 13.8 Å². The van der Waals surface area contributed by atoms with Crippen LogP contribution in [-0.2, 0) is 0 Å². The van der Waals surface area contributed by atoms with Crippen molar-refractivity contribution < 1.29 is 0 Å². The van der Waals surface area contributed by atoms with Crippen molar-refractivity contribution in [3.05, 3.63) is 68.9 Å². The van der Waals surface area contributed by atoms with E-state index in [9.17, 15) is 4.79 Å². The summed E-state index contributed by atoms with van der Waals surface area (Å²) in [6.45, 7) is 3.95. The van der Waals surface area contributed by atoms with E-state index in [1.165, 1.54) is 22.3 Å². The fourth-order valence-corrected chi connectivity index (χ4v) is 4.02. The van der Waals surface area contributed by atoms with E-state index in [1.807, 2.05) is 32.0 Å². The number of aryl methyl sites for hydroxylation is 2. The monoisotopic (exact) mass is 368 g/mol. The molecule has 0 atom stereocenters. The highest BCUT2D eigenvalue weighted by atomic mass is 35.5. The molecule has 0 radical (unpaired) electrons. The third-order valence-corrected chi connectivity index (χ3v) is 5.17. The van der Waals surface area contributed by atoms with Crippen LogP contribution in [0.3, 0.4) is 0 Å². The lowest BCUT2D eigenvalue weighted by Gasteiger charge is -1.99. The first kappa shape index (κ1) is 15.9. The van der Waals surface area contributed by atoms with Crippen molar-refractivity contribution >= 4 is 49.6 Å². The van der Waals surface area contributed by atoms with Crippen LogP contribution < -0.4 is 5.56 Å². The SMILES string of the molecule is Cc1cc(C)c2c(n1)sc1c(=O)n(/N=C/c3ccc(Cl)cc3)cnc12. The van der Waals surface area contributed by atoms with Gasteiger partial charge in [0.25, 0.3) is 5.56 Å². The number of nitrogens with zero attached hydrogens (tertiary/aromatic N) is 4. The van der Waals surface area contributed by atoms with Crippen molar-refractivity contribution in [3.8, 4) is 0 Å². The number of hydrogen-bond acceptors (Lipinski definition) is 5. The van der Waals surface area contributed by atoms with Crippen LogP contribution in [0.1, 0.15) is 16.8 Å². The van der Waals surface area contributed by atoms with Gasteiger partial charge < -0.3 is 0 Å². The minimum atomic E-state index is -0.199. The number of benzene rings is 1. The number of hydrogen-bond donors (Lipinski definition) is 0. The lowest BCUT2D eigenvalue weighted by molar-refractivity contribution is 0.819. The van der Waals surface area contributed by atoms with Crippen LogP contribution in [0.5, 0.6) is 0 Å². The Balaban J connectivity index is 1.85. The highest BCUT2D eigenvalue weighted by Crippen LogP contribution is 2.31. The molecule has 0 spiro atoms. The fourth-order valence-electron chi connectivity index (χ4n) is 2.72. The molecule has 0 N–H and O–H groups in total. The first-order valence-corrected chi connectivity index (χ1v) is 8.80. The Morgan fingerprint density at radius 1 is 1.24 bits per heavy atom. The molecule has 0 amide bonds. The van der Waals surface area contributed by atoms with Crippen LogP contribution in [0.2, 0.25) is 5.02 Å². The van der Waals surface area contributed by atoms with E-state index >= 15 is 0 Å². The Bertz CT molecular complexity index is 1190. The molecule has 25 heavy (non-hydrogen) atoms. The molecule has 0 bridgehead atoms. The van der Waals surface area contributed by atoms with Crippen molar-refractivity contribution in [2.24, 2.45) is 5.10 Å². The molecular weight excluding hydrogens is 356 g/mol. The molecule has 3 heterocycles. The largest absolute Gasteiger partial charge is 0.291 e. The Morgan fingerprint density at radius 2 is 2.00 bits per heavy atom. The van der Waals surface area contributed by atoms with Gasteiger partial charge in [0.1, 0.15) is 15.9 Å². The molecule has 0 saturated carbocycles. The summed E-state index contributed by atoms with van der Waals surface area (Å²) >= 11 is 7.22. The highest BCUT2D eigenvalue weighted by molar-refractivity contribution is 7.25. The standard InChI is InChI=1S/C18H13ClN4OS/c1-10-7-11(2)22-17-14(10)15-16(25-17)18(24)23(9-20-15)21-8-12-3-5-13(19)6-4-12/h3-9H,1-2H3/b21-8+. The smallest absolute Gasteiger partial charge is 0.266 e. The lowest BCUT2D eigenvalue weighted by atomic mass is 10.1. The summed E-state index contributed by atoms with van der Waals surface area (Å²) in [5.74, 6) is 0. The van der Waals surface area contributed by atoms with Crippen molar-refractivity contribution in [3.63, 3.8) is 0 Å². The average molecular weight is 369 g/mol. The molecule has 0 unspecified atom stereocenters. The molecule has 7 heteroatoms. The minimum Gasteiger partial charge on any atom is -0.266 e. The summed E-state index contributed by atoms with van der Waals surface area (Å²) in [6, 6.07) is 9.21. The quantitative estimate of drug-likeness (QED) is 0.499. The Labute approximate surface area is 152 Å². The van der Waals surface area contributed by atoms with E-state index in [1.54, 1.807) is 18.3 Å². The molecule has 4 aromatic rings. The van der Waals surface area contributed by atoms with Gasteiger partial charge in [-0.15, -0.1) is 11.3 Å². The van der Waals surface area contributed by atoms with E-state index in [0.717, 1.165) is 27.0 Å². The number of thiophene rings is 1. The molecular formula is C18H13ClN4OS. The normalized spacial score (nSPS) is 11.8. The molecule has 3 aromatic heterocycles. The molecule has 124 valence electrons. The number of aromatic nitrogens is 3. The van der Waals surface area contributed by atoms with Crippen LogP contribution in [0.4, 0.5) is 0 Å². The van der Waals surface area contributed by atoms with Gasteiger partial charge in [0.2, 0.25) is 0 Å². The van der Waals surface area contributed by atoms with Gasteiger partial charge in [-0.25, -0.2) is 9.97 Å². The summed E-state index contributed by atoms with van der Waals surface area (Å²) in [5, 5.41) is 5.82. The van der Waals surface area contributed by atoms with Crippen LogP contribution in [0.25, 0.3) is 20.4 Å². The van der Waals surface area contributed by atoms with Gasteiger partial charge in [0.05, 0.1) is 11.7 Å². The molecule has 0 fully saturated rings. The molecule has 1 aromatic carbocycles. The zero-order valence-electron chi connectivity index (χ0n) is 13.5. The Morgan fingerprint density at radius 3 is 2.76 bits per heavy atom. The highest BCUT2D eigenvalue weighted by Gasteiger charge is 2.14. The van der Waals surface area contributed by atoms with Gasteiger partial charge in [-0.1, -0.05) is 23.7 Å². The van der Waals surface area contributed by atoms with Gasteiger partial charge in [0, 0.05) is 16.1 Å². The average Bonchev–Trinajstić information content (AvgIpc) is 2.95. The van der Waals surface area contributed by atoms with E-state index in [2.05, 4.69) is 15.1 Å². The Kier molecular flexibility index (Phi) is 3.86. The topological polar surface area (TPSA) is 60.1 Å². The molecule has 0 aliphatic rings. The van der Waals surface area contributed by atoms with Crippen molar-refractivity contribution in [1.82, 2.24) is 14.6 Å². The molecule has 0 aliphatic carbocycles. The third-order valence-electron chi connectivity index (χ3n) is 3.86. The number of halogens is 1. The van der Waals surface area contributed by atoms with Crippen LogP contribution in [-0.4, -0.2) is 20.9 Å². The minimum absolute atomic E-state index is 0.199. The molecule has 0 aliphatic heterocycles. The summed E-state index contributed by atoms with van der Waals surface area (Å²) < 4.78 is 1.81. The fraction of sp³-hybridized carbons (Fsp3) is 0.111. The summed E-state index contributed by atoms with van der Waals surface area (Å²) in [4.78, 5) is 22.5. The van der Waals surface area contributed by atoms with Gasteiger partial charge in [-0.2, -0.15) is 9.78 Å².